The minimum atomic E-state index is -0.650. The van der Waals surface area contributed by atoms with Gasteiger partial charge in [-0.2, -0.15) is 5.06 Å². The second-order valence-electron chi connectivity index (χ2n) is 13.1. The fraction of sp³-hybridized carbons (Fsp3) is 0.719. The fourth-order valence-electron chi connectivity index (χ4n) is 6.51. The summed E-state index contributed by atoms with van der Waals surface area (Å²) in [5.41, 5.74) is 0.709. The molecule has 3 aliphatic rings. The van der Waals surface area contributed by atoms with Crippen LogP contribution in [0.25, 0.3) is 6.08 Å². The lowest BCUT2D eigenvalue weighted by Gasteiger charge is -2.54. The first kappa shape index (κ1) is 31.6. The molecule has 9 heteroatoms. The summed E-state index contributed by atoms with van der Waals surface area (Å²) >= 11 is 0. The summed E-state index contributed by atoms with van der Waals surface area (Å²) < 4.78 is 0. The zero-order valence-corrected chi connectivity index (χ0v) is 26.1. The molecule has 4 heterocycles. The Labute approximate surface area is 247 Å². The predicted octanol–water partition coefficient (Wildman–Crippen LogP) is 3.58. The van der Waals surface area contributed by atoms with Gasteiger partial charge in [0.15, 0.2) is 6.10 Å². The Morgan fingerprint density at radius 2 is 1.85 bits per heavy atom. The molecule has 41 heavy (non-hydrogen) atoms. The van der Waals surface area contributed by atoms with Crippen LogP contribution >= 0.6 is 0 Å². The molecule has 0 aliphatic carbocycles. The van der Waals surface area contributed by atoms with Gasteiger partial charge in [0.1, 0.15) is 6.17 Å². The molecule has 1 aromatic heterocycles. The Morgan fingerprint density at radius 3 is 2.51 bits per heavy atom. The fourth-order valence-corrected chi connectivity index (χ4v) is 6.51. The van der Waals surface area contributed by atoms with Crippen LogP contribution in [-0.4, -0.2) is 119 Å². The number of hydroxylamine groups is 2. The maximum absolute atomic E-state index is 13.8. The third-order valence-corrected chi connectivity index (χ3v) is 8.67. The molecule has 228 valence electrons. The van der Waals surface area contributed by atoms with Crippen molar-refractivity contribution in [2.75, 3.05) is 53.4 Å². The highest BCUT2D eigenvalue weighted by Gasteiger charge is 2.49. The van der Waals surface area contributed by atoms with Crippen molar-refractivity contribution < 1.29 is 14.4 Å². The number of hydrogen-bond donors (Lipinski definition) is 0. The zero-order chi connectivity index (χ0) is 29.5. The molecular weight excluding hydrogens is 516 g/mol. The second-order valence-corrected chi connectivity index (χ2v) is 13.1. The average molecular weight is 569 g/mol. The van der Waals surface area contributed by atoms with E-state index >= 15 is 0 Å². The summed E-state index contributed by atoms with van der Waals surface area (Å²) in [6, 6.07) is 6.30. The van der Waals surface area contributed by atoms with Crippen LogP contribution in [-0.2, 0) is 14.4 Å². The number of hydrogen-bond acceptors (Lipinski definition) is 7. The predicted molar refractivity (Wildman–Crippen MR) is 163 cm³/mol. The molecule has 3 atom stereocenters. The Morgan fingerprint density at radius 1 is 1.12 bits per heavy atom. The van der Waals surface area contributed by atoms with Crippen LogP contribution in [0.15, 0.2) is 30.5 Å². The first-order valence-electron chi connectivity index (χ1n) is 15.6. The SMILES string of the molecule is CC(C)C[C@H]1CN(CCCN(C)C2CCN(C)CC2)C[C@@H]2N(C(=O)/C=C/c3ccccn3)O[C@H](CC(C)C)C(=O)N12. The maximum Gasteiger partial charge on any atom is 0.272 e. The van der Waals surface area contributed by atoms with E-state index in [0.717, 1.165) is 32.5 Å². The topological polar surface area (TPSA) is 72.5 Å². The maximum atomic E-state index is 13.8. The van der Waals surface area contributed by atoms with E-state index in [9.17, 15) is 9.59 Å². The van der Waals surface area contributed by atoms with Crippen molar-refractivity contribution in [3.05, 3.63) is 36.2 Å². The molecule has 3 fully saturated rings. The summed E-state index contributed by atoms with van der Waals surface area (Å²) in [6.07, 6.45) is 8.84. The summed E-state index contributed by atoms with van der Waals surface area (Å²) in [6.45, 7) is 14.3. The van der Waals surface area contributed by atoms with Crippen LogP contribution in [0.4, 0.5) is 0 Å². The summed E-state index contributed by atoms with van der Waals surface area (Å²) in [5, 5.41) is 1.48. The van der Waals surface area contributed by atoms with Gasteiger partial charge < -0.3 is 14.7 Å². The quantitative estimate of drug-likeness (QED) is 0.378. The highest BCUT2D eigenvalue weighted by molar-refractivity contribution is 5.92. The van der Waals surface area contributed by atoms with Crippen LogP contribution in [0.3, 0.4) is 0 Å². The number of amides is 2. The highest BCUT2D eigenvalue weighted by Crippen LogP contribution is 2.31. The van der Waals surface area contributed by atoms with E-state index in [1.54, 1.807) is 12.3 Å². The van der Waals surface area contributed by atoms with Gasteiger partial charge in [0.05, 0.1) is 5.69 Å². The average Bonchev–Trinajstić information content (AvgIpc) is 2.93. The molecule has 3 saturated heterocycles. The van der Waals surface area contributed by atoms with Gasteiger partial charge in [-0.05, 0) is 102 Å². The monoisotopic (exact) mass is 568 g/mol. The number of fused-ring (bicyclic) bond motifs is 1. The molecule has 9 nitrogen and oxygen atoms in total. The number of pyridine rings is 1. The van der Waals surface area contributed by atoms with Crippen molar-refractivity contribution in [2.45, 2.75) is 84.2 Å². The third-order valence-electron chi connectivity index (χ3n) is 8.67. The van der Waals surface area contributed by atoms with E-state index in [1.165, 1.54) is 37.1 Å². The molecule has 0 spiro atoms. The zero-order valence-electron chi connectivity index (χ0n) is 26.1. The Hall–Kier alpha value is -2.33. The number of nitrogens with zero attached hydrogens (tertiary/aromatic N) is 6. The molecule has 1 aromatic rings. The van der Waals surface area contributed by atoms with Crippen molar-refractivity contribution in [1.82, 2.24) is 29.6 Å². The number of aromatic nitrogens is 1. The lowest BCUT2D eigenvalue weighted by molar-refractivity contribution is -0.276. The van der Waals surface area contributed by atoms with Crippen LogP contribution < -0.4 is 0 Å². The van der Waals surface area contributed by atoms with Crippen LogP contribution in [0.2, 0.25) is 0 Å². The van der Waals surface area contributed by atoms with Gasteiger partial charge in [-0.1, -0.05) is 33.8 Å². The Bertz CT molecular complexity index is 1010. The first-order valence-corrected chi connectivity index (χ1v) is 15.6. The molecule has 0 saturated carbocycles. The summed E-state index contributed by atoms with van der Waals surface area (Å²) in [4.78, 5) is 47.4. The molecule has 0 aromatic carbocycles. The lowest BCUT2D eigenvalue weighted by atomic mass is 9.96. The number of piperidine rings is 1. The van der Waals surface area contributed by atoms with Gasteiger partial charge in [-0.3, -0.25) is 24.3 Å². The van der Waals surface area contributed by atoms with Crippen molar-refractivity contribution in [2.24, 2.45) is 11.8 Å². The van der Waals surface area contributed by atoms with E-state index in [4.69, 9.17) is 4.84 Å². The van der Waals surface area contributed by atoms with Gasteiger partial charge >= 0.3 is 0 Å². The second kappa shape index (κ2) is 14.7. The van der Waals surface area contributed by atoms with Gasteiger partial charge in [-0.15, -0.1) is 0 Å². The van der Waals surface area contributed by atoms with Gasteiger partial charge in [0.2, 0.25) is 0 Å². The third kappa shape index (κ3) is 8.60. The van der Waals surface area contributed by atoms with E-state index in [-0.39, 0.29) is 23.8 Å². The normalized spacial score (nSPS) is 25.2. The molecule has 0 N–H and O–H groups in total. The molecule has 0 radical (unpaired) electrons. The lowest BCUT2D eigenvalue weighted by Crippen LogP contribution is -2.72. The molecule has 4 rings (SSSR count). The molecule has 0 unspecified atom stereocenters. The number of carbonyl (C=O) groups excluding carboxylic acids is 2. The van der Waals surface area contributed by atoms with Crippen LogP contribution in [0.5, 0.6) is 0 Å². The van der Waals surface area contributed by atoms with Crippen molar-refractivity contribution in [3.63, 3.8) is 0 Å². The standard InChI is InChI=1S/C32H52N6O3/c1-24(2)20-28-22-36(17-9-16-35(6)27-13-18-34(5)19-14-27)23-30-37(28)32(40)29(21-25(3)4)41-38(30)31(39)12-11-26-10-7-8-15-33-26/h7-8,10-12,15,24-25,27-30H,9,13-14,16-23H2,1-6H3/b12-11+/t28-,29+,30-/m0/s1. The van der Waals surface area contributed by atoms with Crippen molar-refractivity contribution in [1.29, 1.82) is 0 Å². The largest absolute Gasteiger partial charge is 0.312 e. The van der Waals surface area contributed by atoms with Crippen molar-refractivity contribution in [3.8, 4) is 0 Å². The highest BCUT2D eigenvalue weighted by atomic mass is 16.7. The van der Waals surface area contributed by atoms with Crippen LogP contribution in [0.1, 0.15) is 65.5 Å². The minimum Gasteiger partial charge on any atom is -0.312 e. The number of carbonyl (C=O) groups is 2. The van der Waals surface area contributed by atoms with E-state index in [0.29, 0.717) is 30.6 Å². The summed E-state index contributed by atoms with van der Waals surface area (Å²) in [5.74, 6) is 0.476. The van der Waals surface area contributed by atoms with Crippen molar-refractivity contribution >= 4 is 17.9 Å². The first-order chi connectivity index (χ1) is 19.6. The Kier molecular flexibility index (Phi) is 11.3. The number of piperazine rings is 1. The molecule has 0 bridgehead atoms. The van der Waals surface area contributed by atoms with Gasteiger partial charge in [0, 0.05) is 37.4 Å². The van der Waals surface area contributed by atoms with Gasteiger partial charge in [-0.25, -0.2) is 0 Å². The number of rotatable bonds is 11. The van der Waals surface area contributed by atoms with Crippen LogP contribution in [0, 0.1) is 11.8 Å². The Balaban J connectivity index is 1.49. The van der Waals surface area contributed by atoms with Gasteiger partial charge in [0.25, 0.3) is 11.8 Å². The minimum absolute atomic E-state index is 0.0220. The molecule has 3 aliphatic heterocycles. The van der Waals surface area contributed by atoms with E-state index < -0.39 is 12.3 Å². The van der Waals surface area contributed by atoms with E-state index in [1.807, 2.05) is 23.1 Å². The molecular formula is C32H52N6O3. The number of likely N-dealkylation sites (tertiary alicyclic amines) is 1. The smallest absolute Gasteiger partial charge is 0.272 e. The van der Waals surface area contributed by atoms with E-state index in [2.05, 4.69) is 61.5 Å². The summed E-state index contributed by atoms with van der Waals surface area (Å²) in [7, 11) is 4.46. The molecule has 2 amide bonds.